The van der Waals surface area contributed by atoms with E-state index in [9.17, 15) is 9.59 Å². The molecule has 1 aromatic rings. The zero-order valence-electron chi connectivity index (χ0n) is 14.3. The zero-order chi connectivity index (χ0) is 17.2. The van der Waals surface area contributed by atoms with Gasteiger partial charge in [-0.3, -0.25) is 14.5 Å². The molecule has 2 rings (SSSR count). The Labute approximate surface area is 143 Å². The van der Waals surface area contributed by atoms with E-state index in [2.05, 4.69) is 20.7 Å². The molecule has 0 bridgehead atoms. The summed E-state index contributed by atoms with van der Waals surface area (Å²) in [5, 5.41) is 6.70. The molecule has 24 heavy (non-hydrogen) atoms. The maximum Gasteiger partial charge on any atom is 0.254 e. The Balaban J connectivity index is 1.75. The topological polar surface area (TPSA) is 73.8 Å². The summed E-state index contributed by atoms with van der Waals surface area (Å²) in [7, 11) is 0. The van der Waals surface area contributed by atoms with Gasteiger partial charge < -0.3 is 5.32 Å². The second-order valence-electron chi connectivity index (χ2n) is 6.14. The summed E-state index contributed by atoms with van der Waals surface area (Å²) in [5.74, 6) is -0.186. The van der Waals surface area contributed by atoms with Crippen molar-refractivity contribution in [1.82, 2.24) is 10.3 Å². The third-order valence-electron chi connectivity index (χ3n) is 3.95. The summed E-state index contributed by atoms with van der Waals surface area (Å²) in [6.07, 6.45) is 7.75. The van der Waals surface area contributed by atoms with Crippen LogP contribution in [0.1, 0.15) is 44.6 Å². The van der Waals surface area contributed by atoms with Crippen LogP contribution in [-0.4, -0.2) is 42.6 Å². The molecule has 0 radical (unpaired) electrons. The molecule has 1 aliphatic rings. The molecule has 0 aromatic heterocycles. The molecule has 0 spiro atoms. The summed E-state index contributed by atoms with van der Waals surface area (Å²) >= 11 is 0. The van der Waals surface area contributed by atoms with Gasteiger partial charge in [-0.1, -0.05) is 31.4 Å². The maximum absolute atomic E-state index is 12.0. The Hall–Kier alpha value is -2.21. The number of hydrogen-bond donors (Lipinski definition) is 2. The maximum atomic E-state index is 12.0. The number of hydrazone groups is 1. The number of amides is 2. The van der Waals surface area contributed by atoms with Crippen molar-refractivity contribution in [3.05, 3.63) is 29.8 Å². The lowest BCUT2D eigenvalue weighted by Gasteiger charge is -2.23. The van der Waals surface area contributed by atoms with Gasteiger partial charge in [-0.05, 0) is 43.6 Å². The summed E-state index contributed by atoms with van der Waals surface area (Å²) in [4.78, 5) is 25.1. The minimum absolute atomic E-state index is 0.0818. The van der Waals surface area contributed by atoms with Crippen LogP contribution in [0.25, 0.3) is 0 Å². The van der Waals surface area contributed by atoms with Crippen LogP contribution in [0.15, 0.2) is 29.4 Å². The van der Waals surface area contributed by atoms with E-state index >= 15 is 0 Å². The fourth-order valence-corrected chi connectivity index (χ4v) is 2.74. The Kier molecular flexibility index (Phi) is 7.42. The monoisotopic (exact) mass is 330 g/mol. The van der Waals surface area contributed by atoms with Gasteiger partial charge >= 0.3 is 0 Å². The molecule has 1 aliphatic heterocycles. The number of carbonyl (C=O) groups is 2. The van der Waals surface area contributed by atoms with Crippen LogP contribution in [0.4, 0.5) is 5.69 Å². The van der Waals surface area contributed by atoms with Gasteiger partial charge in [-0.2, -0.15) is 5.10 Å². The minimum Gasteiger partial charge on any atom is -0.326 e. The summed E-state index contributed by atoms with van der Waals surface area (Å²) in [6.45, 7) is 3.85. The van der Waals surface area contributed by atoms with Gasteiger partial charge in [0.05, 0.1) is 12.8 Å². The molecule has 0 saturated carbocycles. The third-order valence-corrected chi connectivity index (χ3v) is 3.95. The van der Waals surface area contributed by atoms with Crippen molar-refractivity contribution >= 4 is 23.7 Å². The summed E-state index contributed by atoms with van der Waals surface area (Å²) < 4.78 is 0. The highest BCUT2D eigenvalue weighted by Crippen LogP contribution is 2.10. The number of likely N-dealkylation sites (tertiary alicyclic amines) is 1. The molecule has 2 N–H and O–H groups in total. The van der Waals surface area contributed by atoms with Crippen molar-refractivity contribution in [3.8, 4) is 0 Å². The summed E-state index contributed by atoms with van der Waals surface area (Å²) in [6, 6.07) is 7.26. The second-order valence-corrected chi connectivity index (χ2v) is 6.14. The van der Waals surface area contributed by atoms with Crippen LogP contribution < -0.4 is 10.7 Å². The number of benzene rings is 1. The molecule has 1 saturated heterocycles. The number of nitrogens with one attached hydrogen (secondary N) is 2. The quantitative estimate of drug-likeness (QED) is 0.643. The predicted molar refractivity (Wildman–Crippen MR) is 96.0 cm³/mol. The molecule has 130 valence electrons. The molecule has 0 aliphatic carbocycles. The fourth-order valence-electron chi connectivity index (χ4n) is 2.74. The normalized spacial score (nSPS) is 16.4. The fraction of sp³-hybridized carbons (Fsp3) is 0.500. The molecule has 1 fully saturated rings. The Morgan fingerprint density at radius 1 is 1.08 bits per heavy atom. The molecular formula is C18H26N4O2. The van der Waals surface area contributed by atoms with Crippen LogP contribution in [0, 0.1) is 0 Å². The molecular weight excluding hydrogens is 304 g/mol. The number of hydrogen-bond acceptors (Lipinski definition) is 4. The van der Waals surface area contributed by atoms with E-state index in [0.29, 0.717) is 6.54 Å². The SMILES string of the molecule is CC(=O)Nc1ccc(/C=N\NC(=O)CN2CCCCCCC2)cc1. The Morgan fingerprint density at radius 2 is 1.71 bits per heavy atom. The van der Waals surface area contributed by atoms with Crippen molar-refractivity contribution in [2.75, 3.05) is 25.0 Å². The average molecular weight is 330 g/mol. The van der Waals surface area contributed by atoms with Gasteiger partial charge in [0.15, 0.2) is 0 Å². The third kappa shape index (κ3) is 6.91. The number of nitrogens with zero attached hydrogens (tertiary/aromatic N) is 2. The lowest BCUT2D eigenvalue weighted by molar-refractivity contribution is -0.122. The predicted octanol–water partition coefficient (Wildman–Crippen LogP) is 2.36. The van der Waals surface area contributed by atoms with Crippen molar-refractivity contribution in [3.63, 3.8) is 0 Å². The molecule has 6 nitrogen and oxygen atoms in total. The number of anilines is 1. The molecule has 0 unspecified atom stereocenters. The first kappa shape index (κ1) is 18.1. The molecule has 6 heteroatoms. The van der Waals surface area contributed by atoms with Crippen molar-refractivity contribution in [2.45, 2.75) is 39.0 Å². The van der Waals surface area contributed by atoms with Gasteiger partial charge in [0.1, 0.15) is 0 Å². The highest BCUT2D eigenvalue weighted by atomic mass is 16.2. The van der Waals surface area contributed by atoms with Gasteiger partial charge in [0, 0.05) is 12.6 Å². The van der Waals surface area contributed by atoms with Gasteiger partial charge in [0.25, 0.3) is 5.91 Å². The molecule has 0 atom stereocenters. The Morgan fingerprint density at radius 3 is 2.33 bits per heavy atom. The first-order chi connectivity index (χ1) is 11.6. The first-order valence-corrected chi connectivity index (χ1v) is 8.55. The van der Waals surface area contributed by atoms with E-state index in [1.165, 1.54) is 26.2 Å². The number of carbonyl (C=O) groups excluding carboxylic acids is 2. The van der Waals surface area contributed by atoms with Crippen LogP contribution in [0.2, 0.25) is 0 Å². The Bertz CT molecular complexity index is 561. The van der Waals surface area contributed by atoms with Crippen LogP contribution in [-0.2, 0) is 9.59 Å². The van der Waals surface area contributed by atoms with E-state index in [0.717, 1.165) is 37.2 Å². The summed E-state index contributed by atoms with van der Waals surface area (Å²) in [5.41, 5.74) is 4.17. The van der Waals surface area contributed by atoms with Gasteiger partial charge in [-0.25, -0.2) is 5.43 Å². The lowest BCUT2D eigenvalue weighted by atomic mass is 10.1. The van der Waals surface area contributed by atoms with E-state index < -0.39 is 0 Å². The van der Waals surface area contributed by atoms with Crippen LogP contribution in [0.3, 0.4) is 0 Å². The minimum atomic E-state index is -0.104. The van der Waals surface area contributed by atoms with Crippen molar-refractivity contribution < 1.29 is 9.59 Å². The zero-order valence-corrected chi connectivity index (χ0v) is 14.3. The van der Waals surface area contributed by atoms with Crippen LogP contribution in [0.5, 0.6) is 0 Å². The van der Waals surface area contributed by atoms with Gasteiger partial charge in [0.2, 0.25) is 5.91 Å². The van der Waals surface area contributed by atoms with Crippen LogP contribution >= 0.6 is 0 Å². The highest BCUT2D eigenvalue weighted by Gasteiger charge is 2.11. The standard InChI is InChI=1S/C18H26N4O2/c1-15(23)20-17-9-7-16(8-10-17)13-19-21-18(24)14-22-11-5-3-2-4-6-12-22/h7-10,13H,2-6,11-12,14H2,1H3,(H,20,23)(H,21,24)/b19-13-. The van der Waals surface area contributed by atoms with E-state index in [1.807, 2.05) is 12.1 Å². The average Bonchev–Trinajstić information content (AvgIpc) is 2.51. The van der Waals surface area contributed by atoms with E-state index in [1.54, 1.807) is 18.3 Å². The van der Waals surface area contributed by atoms with E-state index in [-0.39, 0.29) is 11.8 Å². The molecule has 1 aromatic carbocycles. The van der Waals surface area contributed by atoms with E-state index in [4.69, 9.17) is 0 Å². The first-order valence-electron chi connectivity index (χ1n) is 8.55. The number of rotatable bonds is 5. The van der Waals surface area contributed by atoms with Gasteiger partial charge in [-0.15, -0.1) is 0 Å². The molecule has 1 heterocycles. The largest absolute Gasteiger partial charge is 0.326 e. The van der Waals surface area contributed by atoms with Crippen molar-refractivity contribution in [2.24, 2.45) is 5.10 Å². The smallest absolute Gasteiger partial charge is 0.254 e. The molecule has 2 amide bonds. The second kappa shape index (κ2) is 9.82. The lowest BCUT2D eigenvalue weighted by Crippen LogP contribution is -2.37. The highest BCUT2D eigenvalue weighted by molar-refractivity contribution is 5.89. The van der Waals surface area contributed by atoms with Crippen molar-refractivity contribution in [1.29, 1.82) is 0 Å².